The summed E-state index contributed by atoms with van der Waals surface area (Å²) in [6, 6.07) is 11.6. The minimum Gasteiger partial charge on any atom is -0.477 e. The molecule has 2 heterocycles. The lowest BCUT2D eigenvalue weighted by atomic mass is 10.1. The van der Waals surface area contributed by atoms with Crippen LogP contribution < -0.4 is 0 Å². The van der Waals surface area contributed by atoms with Crippen LogP contribution >= 0.6 is 11.3 Å². The Kier molecular flexibility index (Phi) is 3.43. The Morgan fingerprint density at radius 3 is 2.80 bits per heavy atom. The lowest BCUT2D eigenvalue weighted by molar-refractivity contribution is 0.0689. The van der Waals surface area contributed by atoms with E-state index in [1.165, 1.54) is 6.20 Å². The predicted octanol–water partition coefficient (Wildman–Crippen LogP) is 3.17. The van der Waals surface area contributed by atoms with Gasteiger partial charge in [-0.3, -0.25) is 0 Å². The van der Waals surface area contributed by atoms with E-state index in [0.29, 0.717) is 6.42 Å². The lowest BCUT2D eigenvalue weighted by Crippen LogP contribution is -2.06. The number of carbonyl (C=O) groups is 1. The highest BCUT2D eigenvalue weighted by atomic mass is 32.1. The lowest BCUT2D eigenvalue weighted by Gasteiger charge is -2.02. The van der Waals surface area contributed by atoms with Gasteiger partial charge in [-0.25, -0.2) is 14.8 Å². The van der Waals surface area contributed by atoms with Crippen molar-refractivity contribution in [2.75, 3.05) is 0 Å². The number of benzene rings is 1. The topological polar surface area (TPSA) is 63.1 Å². The Hall–Kier alpha value is -2.27. The highest BCUT2D eigenvalue weighted by molar-refractivity contribution is 7.18. The minimum atomic E-state index is -0.982. The van der Waals surface area contributed by atoms with Crippen LogP contribution in [0.25, 0.3) is 10.2 Å². The van der Waals surface area contributed by atoms with Crippen LogP contribution in [0.5, 0.6) is 0 Å². The second kappa shape index (κ2) is 5.38. The molecule has 0 aliphatic rings. The number of nitrogens with zero attached hydrogens (tertiary/aromatic N) is 2. The molecular formula is C15H12N2O2S. The molecule has 1 aromatic carbocycles. The van der Waals surface area contributed by atoms with Crippen LogP contribution in [-0.4, -0.2) is 21.0 Å². The molecule has 0 saturated heterocycles. The number of hydrogen-bond acceptors (Lipinski definition) is 4. The molecule has 2 aromatic heterocycles. The zero-order chi connectivity index (χ0) is 13.9. The van der Waals surface area contributed by atoms with Crippen molar-refractivity contribution in [1.82, 2.24) is 9.97 Å². The second-order valence-electron chi connectivity index (χ2n) is 4.39. The summed E-state index contributed by atoms with van der Waals surface area (Å²) in [5, 5.41) is 10.1. The van der Waals surface area contributed by atoms with Crippen molar-refractivity contribution in [2.24, 2.45) is 0 Å². The second-order valence-corrected chi connectivity index (χ2v) is 5.51. The van der Waals surface area contributed by atoms with Crippen LogP contribution in [-0.2, 0) is 12.8 Å². The third kappa shape index (κ3) is 2.53. The maximum Gasteiger partial charge on any atom is 0.354 e. The van der Waals surface area contributed by atoms with Gasteiger partial charge >= 0.3 is 5.97 Å². The van der Waals surface area contributed by atoms with Crippen LogP contribution in [0.3, 0.4) is 0 Å². The van der Waals surface area contributed by atoms with Gasteiger partial charge in [-0.05, 0) is 30.2 Å². The van der Waals surface area contributed by atoms with Gasteiger partial charge in [0.05, 0.1) is 15.2 Å². The van der Waals surface area contributed by atoms with E-state index in [9.17, 15) is 4.79 Å². The molecule has 0 atom stereocenters. The van der Waals surface area contributed by atoms with Crippen LogP contribution in [0.2, 0.25) is 0 Å². The minimum absolute atomic E-state index is 0.133. The van der Waals surface area contributed by atoms with Gasteiger partial charge in [0.25, 0.3) is 0 Å². The summed E-state index contributed by atoms with van der Waals surface area (Å²) in [5.41, 5.74) is 1.88. The van der Waals surface area contributed by atoms with Gasteiger partial charge < -0.3 is 5.11 Å². The number of aryl methyl sites for hydroxylation is 2. The van der Waals surface area contributed by atoms with Gasteiger partial charge in [-0.1, -0.05) is 18.2 Å². The van der Waals surface area contributed by atoms with Crippen molar-refractivity contribution in [1.29, 1.82) is 0 Å². The third-order valence-corrected chi connectivity index (χ3v) is 4.14. The predicted molar refractivity (Wildman–Crippen MR) is 78.2 cm³/mol. The highest BCUT2D eigenvalue weighted by Gasteiger charge is 2.11. The number of carboxylic acid groups (broad SMARTS) is 1. The molecule has 0 aliphatic carbocycles. The number of pyridine rings is 1. The molecule has 3 rings (SSSR count). The number of fused-ring (bicyclic) bond motifs is 1. The molecule has 0 radical (unpaired) electrons. The third-order valence-electron chi connectivity index (χ3n) is 3.04. The van der Waals surface area contributed by atoms with E-state index in [-0.39, 0.29) is 5.69 Å². The van der Waals surface area contributed by atoms with Crippen LogP contribution in [0.1, 0.15) is 21.1 Å². The molecule has 0 saturated carbocycles. The number of aromatic carboxylic acids is 1. The maximum atomic E-state index is 11.1. The Morgan fingerprint density at radius 1 is 1.15 bits per heavy atom. The van der Waals surface area contributed by atoms with Crippen molar-refractivity contribution in [3.8, 4) is 0 Å². The summed E-state index contributed by atoms with van der Waals surface area (Å²) >= 11 is 1.65. The summed E-state index contributed by atoms with van der Waals surface area (Å²) in [7, 11) is 0. The summed E-state index contributed by atoms with van der Waals surface area (Å²) in [6.45, 7) is 0. The van der Waals surface area contributed by atoms with Crippen molar-refractivity contribution >= 4 is 27.5 Å². The van der Waals surface area contributed by atoms with Crippen molar-refractivity contribution in [3.63, 3.8) is 0 Å². The first-order valence-electron chi connectivity index (χ1n) is 6.25. The van der Waals surface area contributed by atoms with E-state index in [1.54, 1.807) is 17.4 Å². The van der Waals surface area contributed by atoms with Gasteiger partial charge in [0, 0.05) is 12.6 Å². The quantitative estimate of drug-likeness (QED) is 0.799. The average Bonchev–Trinajstić information content (AvgIpc) is 2.88. The summed E-state index contributed by atoms with van der Waals surface area (Å²) in [4.78, 5) is 19.6. The van der Waals surface area contributed by atoms with Gasteiger partial charge in [0.15, 0.2) is 5.69 Å². The zero-order valence-corrected chi connectivity index (χ0v) is 11.4. The molecule has 0 unspecified atom stereocenters. The first-order valence-corrected chi connectivity index (χ1v) is 7.07. The maximum absolute atomic E-state index is 11.1. The number of carboxylic acids is 1. The molecule has 20 heavy (non-hydrogen) atoms. The molecule has 0 aliphatic heterocycles. The Bertz CT molecular complexity index is 734. The SMILES string of the molecule is O=C(O)c1ncccc1CCc1nc2ccccc2s1. The van der Waals surface area contributed by atoms with E-state index in [2.05, 4.69) is 9.97 Å². The fraction of sp³-hybridized carbons (Fsp3) is 0.133. The molecule has 0 fully saturated rings. The molecule has 1 N–H and O–H groups in total. The Labute approximate surface area is 119 Å². The smallest absolute Gasteiger partial charge is 0.354 e. The van der Waals surface area contributed by atoms with Crippen LogP contribution in [0.15, 0.2) is 42.6 Å². The first-order chi connectivity index (χ1) is 9.74. The largest absolute Gasteiger partial charge is 0.477 e. The average molecular weight is 284 g/mol. The summed E-state index contributed by atoms with van der Waals surface area (Å²) in [5.74, 6) is -0.982. The van der Waals surface area contributed by atoms with E-state index >= 15 is 0 Å². The summed E-state index contributed by atoms with van der Waals surface area (Å²) < 4.78 is 1.16. The number of rotatable bonds is 4. The van der Waals surface area contributed by atoms with Crippen molar-refractivity contribution in [3.05, 3.63) is 58.9 Å². The molecule has 5 heteroatoms. The Balaban J connectivity index is 1.81. The molecule has 4 nitrogen and oxygen atoms in total. The van der Waals surface area contributed by atoms with Crippen molar-refractivity contribution in [2.45, 2.75) is 12.8 Å². The number of thiazole rings is 1. The van der Waals surface area contributed by atoms with E-state index in [0.717, 1.165) is 27.2 Å². The van der Waals surface area contributed by atoms with Gasteiger partial charge in [-0.15, -0.1) is 11.3 Å². The fourth-order valence-corrected chi connectivity index (χ4v) is 3.07. The monoisotopic (exact) mass is 284 g/mol. The number of hydrogen-bond donors (Lipinski definition) is 1. The molecular weight excluding hydrogens is 272 g/mol. The molecule has 0 spiro atoms. The number of para-hydroxylation sites is 1. The van der Waals surface area contributed by atoms with Gasteiger partial charge in [0.1, 0.15) is 0 Å². The number of aromatic nitrogens is 2. The van der Waals surface area contributed by atoms with E-state index in [1.807, 2.05) is 30.3 Å². The molecule has 0 bridgehead atoms. The standard InChI is InChI=1S/C15H12N2O2S/c18-15(19)14-10(4-3-9-16-14)7-8-13-17-11-5-1-2-6-12(11)20-13/h1-6,9H,7-8H2,(H,18,19). The van der Waals surface area contributed by atoms with Crippen LogP contribution in [0, 0.1) is 0 Å². The van der Waals surface area contributed by atoms with Gasteiger partial charge in [0.2, 0.25) is 0 Å². The molecule has 3 aromatic rings. The molecule has 100 valence electrons. The fourth-order valence-electron chi connectivity index (χ4n) is 2.10. The first kappa shape index (κ1) is 12.7. The highest BCUT2D eigenvalue weighted by Crippen LogP contribution is 2.23. The summed E-state index contributed by atoms with van der Waals surface area (Å²) in [6.07, 6.45) is 2.87. The molecule has 0 amide bonds. The van der Waals surface area contributed by atoms with Crippen molar-refractivity contribution < 1.29 is 9.90 Å². The van der Waals surface area contributed by atoms with Crippen LogP contribution in [0.4, 0.5) is 0 Å². The zero-order valence-electron chi connectivity index (χ0n) is 10.6. The van der Waals surface area contributed by atoms with E-state index in [4.69, 9.17) is 5.11 Å². The Morgan fingerprint density at radius 2 is 2.00 bits per heavy atom. The van der Waals surface area contributed by atoms with E-state index < -0.39 is 5.97 Å². The normalized spacial score (nSPS) is 10.8. The van der Waals surface area contributed by atoms with Gasteiger partial charge in [-0.2, -0.15) is 0 Å².